The molecule has 0 saturated heterocycles. The number of aromatic nitrogens is 3. The minimum atomic E-state index is 0.0328. The average molecular weight is 449 g/mol. The van der Waals surface area contributed by atoms with Gasteiger partial charge in [0, 0.05) is 33.9 Å². The van der Waals surface area contributed by atoms with Gasteiger partial charge in [0.2, 0.25) is 0 Å². The van der Waals surface area contributed by atoms with Crippen LogP contribution in [0.5, 0.6) is 0 Å². The molecule has 6 nitrogen and oxygen atoms in total. The first-order chi connectivity index (χ1) is 13.8. The number of rotatable bonds is 7. The fourth-order valence-electron chi connectivity index (χ4n) is 2.80. The van der Waals surface area contributed by atoms with Crippen LogP contribution in [0.25, 0.3) is 0 Å². The lowest BCUT2D eigenvalue weighted by Crippen LogP contribution is -2.23. The fourth-order valence-corrected chi connectivity index (χ4v) is 4.72. The van der Waals surface area contributed by atoms with E-state index in [0.717, 1.165) is 27.0 Å². The molecule has 4 N–H and O–H groups in total. The van der Waals surface area contributed by atoms with Gasteiger partial charge in [-0.15, -0.1) is 0 Å². The van der Waals surface area contributed by atoms with E-state index in [2.05, 4.69) is 28.4 Å². The van der Waals surface area contributed by atoms with Crippen molar-refractivity contribution in [2.24, 2.45) is 16.5 Å². The van der Waals surface area contributed by atoms with Gasteiger partial charge in [0.15, 0.2) is 5.96 Å². The first-order valence-electron chi connectivity index (χ1n) is 9.01. The molecule has 0 amide bonds. The van der Waals surface area contributed by atoms with Crippen LogP contribution in [0.1, 0.15) is 36.8 Å². The number of hydrogen-bond acceptors (Lipinski definition) is 4. The number of aliphatic imine (C=N–C) groups is 1. The van der Waals surface area contributed by atoms with Gasteiger partial charge < -0.3 is 16.0 Å². The van der Waals surface area contributed by atoms with Crippen LogP contribution in [0.2, 0.25) is 10.0 Å². The third kappa shape index (κ3) is 5.65. The molecule has 0 aliphatic rings. The normalized spacial score (nSPS) is 11.1. The van der Waals surface area contributed by atoms with Gasteiger partial charge in [0.05, 0.1) is 5.69 Å². The Bertz CT molecular complexity index is 993. The summed E-state index contributed by atoms with van der Waals surface area (Å²) in [5.41, 5.74) is 13.2. The number of benzene rings is 1. The SMILES string of the molecule is CC(C)c1nc(CN=C(N)N)n(Cc2ccncc2)c1Sc1cc(Cl)cc(Cl)c1. The van der Waals surface area contributed by atoms with Crippen LogP contribution in [0, 0.1) is 0 Å². The molecule has 0 aliphatic carbocycles. The van der Waals surface area contributed by atoms with Gasteiger partial charge in [0.25, 0.3) is 0 Å². The summed E-state index contributed by atoms with van der Waals surface area (Å²) in [5, 5.41) is 2.19. The van der Waals surface area contributed by atoms with Crippen LogP contribution in [-0.2, 0) is 13.1 Å². The van der Waals surface area contributed by atoms with Gasteiger partial charge in [-0.25, -0.2) is 9.98 Å². The standard InChI is InChI=1S/C20H22Cl2N6S/c1-12(2)18-19(29-16-8-14(21)7-15(22)9-16)28(11-13-3-5-25-6-4-13)17(27-18)10-26-20(23)24/h3-9,12H,10-11H2,1-2H3,(H4,23,24,26). The molecular formula is C20H22Cl2N6S. The Labute approximate surface area is 184 Å². The van der Waals surface area contributed by atoms with E-state index in [-0.39, 0.29) is 11.9 Å². The molecule has 0 aliphatic heterocycles. The molecule has 29 heavy (non-hydrogen) atoms. The minimum absolute atomic E-state index is 0.0328. The molecule has 3 aromatic rings. The molecule has 0 unspecified atom stereocenters. The van der Waals surface area contributed by atoms with E-state index in [9.17, 15) is 0 Å². The summed E-state index contributed by atoms with van der Waals surface area (Å²) >= 11 is 14.0. The lowest BCUT2D eigenvalue weighted by molar-refractivity contribution is 0.668. The molecule has 2 aromatic heterocycles. The highest BCUT2D eigenvalue weighted by Crippen LogP contribution is 2.37. The quantitative estimate of drug-likeness (QED) is 0.403. The molecule has 9 heteroatoms. The van der Waals surface area contributed by atoms with Crippen LogP contribution in [0.4, 0.5) is 0 Å². The van der Waals surface area contributed by atoms with Crippen molar-refractivity contribution in [3.05, 3.63) is 69.9 Å². The molecule has 0 bridgehead atoms. The van der Waals surface area contributed by atoms with E-state index in [0.29, 0.717) is 23.1 Å². The Kier molecular flexibility index (Phi) is 7.05. The molecule has 0 fully saturated rings. The van der Waals surface area contributed by atoms with E-state index >= 15 is 0 Å². The smallest absolute Gasteiger partial charge is 0.186 e. The maximum absolute atomic E-state index is 6.21. The van der Waals surface area contributed by atoms with E-state index in [4.69, 9.17) is 39.7 Å². The number of nitrogens with two attached hydrogens (primary N) is 2. The maximum atomic E-state index is 6.21. The minimum Gasteiger partial charge on any atom is -0.370 e. The van der Waals surface area contributed by atoms with Crippen LogP contribution >= 0.6 is 35.0 Å². The average Bonchev–Trinajstić information content (AvgIpc) is 2.97. The van der Waals surface area contributed by atoms with Gasteiger partial charge in [-0.05, 0) is 41.8 Å². The van der Waals surface area contributed by atoms with Gasteiger partial charge in [-0.2, -0.15) is 0 Å². The van der Waals surface area contributed by atoms with Crippen LogP contribution in [-0.4, -0.2) is 20.5 Å². The first kappa shape index (κ1) is 21.5. The molecule has 3 rings (SSSR count). The Morgan fingerprint density at radius 2 is 1.79 bits per heavy atom. The monoisotopic (exact) mass is 448 g/mol. The summed E-state index contributed by atoms with van der Waals surface area (Å²) in [6.45, 7) is 5.13. The van der Waals surface area contributed by atoms with Crippen molar-refractivity contribution in [1.82, 2.24) is 14.5 Å². The predicted molar refractivity (Wildman–Crippen MR) is 120 cm³/mol. The lowest BCUT2D eigenvalue weighted by atomic mass is 10.1. The van der Waals surface area contributed by atoms with Crippen molar-refractivity contribution >= 4 is 40.9 Å². The largest absolute Gasteiger partial charge is 0.370 e. The van der Waals surface area contributed by atoms with Crippen molar-refractivity contribution in [2.45, 2.75) is 42.8 Å². The summed E-state index contributed by atoms with van der Waals surface area (Å²) in [4.78, 5) is 14.1. The van der Waals surface area contributed by atoms with Crippen molar-refractivity contribution in [3.8, 4) is 0 Å². The Hall–Kier alpha value is -2.22. The molecule has 1 aromatic carbocycles. The Morgan fingerprint density at radius 3 is 2.38 bits per heavy atom. The second-order valence-corrected chi connectivity index (χ2v) is 8.70. The number of nitrogens with zero attached hydrogens (tertiary/aromatic N) is 4. The predicted octanol–water partition coefficient (Wildman–Crippen LogP) is 4.68. The lowest BCUT2D eigenvalue weighted by Gasteiger charge is -2.13. The van der Waals surface area contributed by atoms with E-state index in [1.807, 2.05) is 24.3 Å². The van der Waals surface area contributed by atoms with Gasteiger partial charge in [0.1, 0.15) is 17.4 Å². The molecule has 2 heterocycles. The van der Waals surface area contributed by atoms with Crippen molar-refractivity contribution in [1.29, 1.82) is 0 Å². The summed E-state index contributed by atoms with van der Waals surface area (Å²) in [7, 11) is 0. The highest BCUT2D eigenvalue weighted by atomic mass is 35.5. The first-order valence-corrected chi connectivity index (χ1v) is 10.6. The van der Waals surface area contributed by atoms with Gasteiger partial charge in [-0.1, -0.05) is 48.8 Å². The zero-order chi connectivity index (χ0) is 21.0. The van der Waals surface area contributed by atoms with Crippen molar-refractivity contribution in [2.75, 3.05) is 0 Å². The summed E-state index contributed by atoms with van der Waals surface area (Å²) < 4.78 is 2.14. The molecule has 0 radical (unpaired) electrons. The van der Waals surface area contributed by atoms with E-state index in [1.54, 1.807) is 30.2 Å². The molecular weight excluding hydrogens is 427 g/mol. The molecule has 0 saturated carbocycles. The van der Waals surface area contributed by atoms with Crippen LogP contribution < -0.4 is 11.5 Å². The molecule has 152 valence electrons. The summed E-state index contributed by atoms with van der Waals surface area (Å²) in [5.74, 6) is 1.03. The highest BCUT2D eigenvalue weighted by Gasteiger charge is 2.21. The van der Waals surface area contributed by atoms with Crippen LogP contribution in [0.15, 0.2) is 57.6 Å². The van der Waals surface area contributed by atoms with E-state index < -0.39 is 0 Å². The number of pyridine rings is 1. The second-order valence-electron chi connectivity index (χ2n) is 6.76. The highest BCUT2D eigenvalue weighted by molar-refractivity contribution is 7.99. The molecule has 0 atom stereocenters. The Morgan fingerprint density at radius 1 is 1.14 bits per heavy atom. The topological polar surface area (TPSA) is 95.1 Å². The van der Waals surface area contributed by atoms with Gasteiger partial charge in [-0.3, -0.25) is 4.98 Å². The number of hydrogen-bond donors (Lipinski definition) is 2. The zero-order valence-corrected chi connectivity index (χ0v) is 18.5. The molecule has 0 spiro atoms. The zero-order valence-electron chi connectivity index (χ0n) is 16.1. The maximum Gasteiger partial charge on any atom is 0.186 e. The number of halogens is 2. The summed E-state index contributed by atoms with van der Waals surface area (Å²) in [6, 6.07) is 9.45. The number of imidazole rings is 1. The second kappa shape index (κ2) is 9.52. The van der Waals surface area contributed by atoms with Gasteiger partial charge >= 0.3 is 0 Å². The third-order valence-corrected chi connectivity index (χ3v) is 5.65. The third-order valence-electron chi connectivity index (χ3n) is 4.12. The Balaban J connectivity index is 2.10. The van der Waals surface area contributed by atoms with Crippen LogP contribution in [0.3, 0.4) is 0 Å². The van der Waals surface area contributed by atoms with Crippen molar-refractivity contribution in [3.63, 3.8) is 0 Å². The number of guanidine groups is 1. The summed E-state index contributed by atoms with van der Waals surface area (Å²) in [6.07, 6.45) is 3.55. The van der Waals surface area contributed by atoms with E-state index in [1.165, 1.54) is 0 Å². The van der Waals surface area contributed by atoms with Crippen molar-refractivity contribution < 1.29 is 0 Å². The fraction of sp³-hybridized carbons (Fsp3) is 0.250.